The number of anilines is 1. The molecule has 0 spiro atoms. The molecule has 1 heterocycles. The van der Waals surface area contributed by atoms with Gasteiger partial charge in [0.2, 0.25) is 0 Å². The second kappa shape index (κ2) is 6.39. The summed E-state index contributed by atoms with van der Waals surface area (Å²) in [5.74, 6) is 2.33. The highest BCUT2D eigenvalue weighted by atomic mass is 32.1. The van der Waals surface area contributed by atoms with Gasteiger partial charge in [-0.3, -0.25) is 0 Å². The summed E-state index contributed by atoms with van der Waals surface area (Å²) in [6, 6.07) is 10.8. The van der Waals surface area contributed by atoms with Crippen LogP contribution in [0.15, 0.2) is 35.7 Å². The molecule has 1 aromatic carbocycles. The zero-order valence-electron chi connectivity index (χ0n) is 12.5. The normalized spacial score (nSPS) is 15.5. The van der Waals surface area contributed by atoms with E-state index >= 15 is 0 Å². The van der Waals surface area contributed by atoms with E-state index < -0.39 is 0 Å². The van der Waals surface area contributed by atoms with Gasteiger partial charge in [-0.05, 0) is 49.3 Å². The van der Waals surface area contributed by atoms with Gasteiger partial charge in [0, 0.05) is 16.6 Å². The largest absolute Gasteiger partial charge is 0.493 e. The number of hydrogen-bond donors (Lipinski definition) is 1. The van der Waals surface area contributed by atoms with E-state index in [4.69, 9.17) is 9.47 Å². The fourth-order valence-electron chi connectivity index (χ4n) is 2.53. The molecular weight excluding hydrogens is 282 g/mol. The maximum Gasteiger partial charge on any atom is 0.162 e. The standard InChI is InChI=1S/C17H21NO2S/c1-3-20-14-9-8-13(11-15(14)19-2)18-17(12-6-7-12)16-5-4-10-21-16/h4-5,8-12,17-18H,3,6-7H2,1-2H3. The van der Waals surface area contributed by atoms with Gasteiger partial charge in [-0.1, -0.05) is 6.07 Å². The van der Waals surface area contributed by atoms with Crippen LogP contribution in [-0.2, 0) is 0 Å². The fourth-order valence-corrected chi connectivity index (χ4v) is 3.40. The summed E-state index contributed by atoms with van der Waals surface area (Å²) in [4.78, 5) is 1.41. The minimum absolute atomic E-state index is 0.410. The highest BCUT2D eigenvalue weighted by molar-refractivity contribution is 7.10. The maximum atomic E-state index is 5.57. The molecule has 1 saturated carbocycles. The molecule has 2 aromatic rings. The van der Waals surface area contributed by atoms with Gasteiger partial charge in [-0.25, -0.2) is 0 Å². The van der Waals surface area contributed by atoms with Crippen LogP contribution in [0.25, 0.3) is 0 Å². The van der Waals surface area contributed by atoms with E-state index in [1.165, 1.54) is 17.7 Å². The summed E-state index contributed by atoms with van der Waals surface area (Å²) < 4.78 is 11.0. The zero-order valence-corrected chi connectivity index (χ0v) is 13.3. The lowest BCUT2D eigenvalue weighted by Gasteiger charge is -2.19. The number of nitrogens with one attached hydrogen (secondary N) is 1. The number of ether oxygens (including phenoxy) is 2. The van der Waals surface area contributed by atoms with Gasteiger partial charge in [0.15, 0.2) is 11.5 Å². The molecule has 4 heteroatoms. The van der Waals surface area contributed by atoms with Crippen LogP contribution < -0.4 is 14.8 Å². The lowest BCUT2D eigenvalue weighted by atomic mass is 10.1. The van der Waals surface area contributed by atoms with E-state index in [0.29, 0.717) is 12.6 Å². The van der Waals surface area contributed by atoms with Crippen LogP contribution in [0, 0.1) is 5.92 Å². The van der Waals surface area contributed by atoms with Crippen LogP contribution >= 0.6 is 11.3 Å². The summed E-state index contributed by atoms with van der Waals surface area (Å²) in [5, 5.41) is 5.81. The van der Waals surface area contributed by atoms with Gasteiger partial charge in [-0.15, -0.1) is 11.3 Å². The SMILES string of the molecule is CCOc1ccc(NC(c2cccs2)C2CC2)cc1OC. The molecule has 21 heavy (non-hydrogen) atoms. The number of rotatable bonds is 7. The van der Waals surface area contributed by atoms with Crippen LogP contribution in [0.3, 0.4) is 0 Å². The summed E-state index contributed by atoms with van der Waals surface area (Å²) in [5.41, 5.74) is 1.08. The molecule has 112 valence electrons. The summed E-state index contributed by atoms with van der Waals surface area (Å²) >= 11 is 1.82. The molecule has 1 aliphatic carbocycles. The molecule has 0 bridgehead atoms. The Bertz CT molecular complexity index is 578. The fraction of sp³-hybridized carbons (Fsp3) is 0.412. The van der Waals surface area contributed by atoms with Crippen molar-refractivity contribution in [2.45, 2.75) is 25.8 Å². The van der Waals surface area contributed by atoms with Crippen molar-refractivity contribution in [3.63, 3.8) is 0 Å². The average Bonchev–Trinajstić information content (AvgIpc) is 3.20. The minimum atomic E-state index is 0.410. The van der Waals surface area contributed by atoms with Crippen molar-refractivity contribution in [1.82, 2.24) is 0 Å². The Morgan fingerprint density at radius 3 is 2.76 bits per heavy atom. The lowest BCUT2D eigenvalue weighted by molar-refractivity contribution is 0.311. The third kappa shape index (κ3) is 3.32. The molecule has 1 aliphatic rings. The van der Waals surface area contributed by atoms with Gasteiger partial charge in [0.1, 0.15) is 0 Å². The van der Waals surface area contributed by atoms with Crippen molar-refractivity contribution in [1.29, 1.82) is 0 Å². The van der Waals surface area contributed by atoms with E-state index in [1.54, 1.807) is 7.11 Å². The van der Waals surface area contributed by atoms with Gasteiger partial charge in [0.05, 0.1) is 19.8 Å². The number of methoxy groups -OCH3 is 1. The Morgan fingerprint density at radius 2 is 2.14 bits per heavy atom. The second-order valence-electron chi connectivity index (χ2n) is 5.27. The molecule has 0 aliphatic heterocycles. The highest BCUT2D eigenvalue weighted by Gasteiger charge is 2.33. The molecule has 0 amide bonds. The Labute approximate surface area is 129 Å². The van der Waals surface area contributed by atoms with Gasteiger partial charge >= 0.3 is 0 Å². The van der Waals surface area contributed by atoms with Gasteiger partial charge in [-0.2, -0.15) is 0 Å². The first-order valence-electron chi connectivity index (χ1n) is 7.42. The van der Waals surface area contributed by atoms with Crippen molar-refractivity contribution in [2.75, 3.05) is 19.0 Å². The molecule has 0 radical (unpaired) electrons. The number of benzene rings is 1. The highest BCUT2D eigenvalue weighted by Crippen LogP contribution is 2.44. The predicted molar refractivity (Wildman–Crippen MR) is 87.6 cm³/mol. The summed E-state index contributed by atoms with van der Waals surface area (Å²) in [6.45, 7) is 2.62. The quantitative estimate of drug-likeness (QED) is 0.803. The molecule has 0 saturated heterocycles. The topological polar surface area (TPSA) is 30.5 Å². The van der Waals surface area contributed by atoms with Gasteiger partial charge < -0.3 is 14.8 Å². The molecule has 1 aromatic heterocycles. The Morgan fingerprint density at radius 1 is 1.29 bits per heavy atom. The monoisotopic (exact) mass is 303 g/mol. The van der Waals surface area contributed by atoms with Crippen LogP contribution in [0.5, 0.6) is 11.5 Å². The zero-order chi connectivity index (χ0) is 14.7. The third-order valence-corrected chi connectivity index (χ3v) is 4.68. The summed E-state index contributed by atoms with van der Waals surface area (Å²) in [7, 11) is 1.68. The van der Waals surface area contributed by atoms with E-state index in [9.17, 15) is 0 Å². The summed E-state index contributed by atoms with van der Waals surface area (Å²) in [6.07, 6.45) is 2.62. The predicted octanol–water partition coefficient (Wildman–Crippen LogP) is 4.72. The average molecular weight is 303 g/mol. The molecule has 1 N–H and O–H groups in total. The first-order valence-corrected chi connectivity index (χ1v) is 8.30. The smallest absolute Gasteiger partial charge is 0.162 e. The second-order valence-corrected chi connectivity index (χ2v) is 6.25. The number of hydrogen-bond acceptors (Lipinski definition) is 4. The Balaban J connectivity index is 1.79. The van der Waals surface area contributed by atoms with Crippen LogP contribution in [0.2, 0.25) is 0 Å². The first-order chi connectivity index (χ1) is 10.3. The first kappa shape index (κ1) is 14.3. The van der Waals surface area contributed by atoms with Crippen LogP contribution in [0.4, 0.5) is 5.69 Å². The maximum absolute atomic E-state index is 5.57. The Hall–Kier alpha value is -1.68. The van der Waals surface area contributed by atoms with Crippen molar-refractivity contribution in [3.8, 4) is 11.5 Å². The lowest BCUT2D eigenvalue weighted by Crippen LogP contribution is -2.11. The number of thiophene rings is 1. The van der Waals surface area contributed by atoms with Crippen molar-refractivity contribution < 1.29 is 9.47 Å². The van der Waals surface area contributed by atoms with Crippen LogP contribution in [0.1, 0.15) is 30.7 Å². The molecular formula is C17H21NO2S. The van der Waals surface area contributed by atoms with Crippen molar-refractivity contribution in [3.05, 3.63) is 40.6 Å². The minimum Gasteiger partial charge on any atom is -0.493 e. The van der Waals surface area contributed by atoms with Crippen molar-refractivity contribution >= 4 is 17.0 Å². The van der Waals surface area contributed by atoms with E-state index in [1.807, 2.05) is 30.4 Å². The Kier molecular flexibility index (Phi) is 4.34. The molecule has 3 nitrogen and oxygen atoms in total. The van der Waals surface area contributed by atoms with Crippen molar-refractivity contribution in [2.24, 2.45) is 5.92 Å². The molecule has 1 fully saturated rings. The molecule has 3 rings (SSSR count). The molecule has 1 atom stereocenters. The van der Waals surface area contributed by atoms with E-state index in [0.717, 1.165) is 23.1 Å². The molecule has 1 unspecified atom stereocenters. The van der Waals surface area contributed by atoms with E-state index in [-0.39, 0.29) is 0 Å². The van der Waals surface area contributed by atoms with Crippen LogP contribution in [-0.4, -0.2) is 13.7 Å². The van der Waals surface area contributed by atoms with Gasteiger partial charge in [0.25, 0.3) is 0 Å². The third-order valence-electron chi connectivity index (χ3n) is 3.73. The van der Waals surface area contributed by atoms with E-state index in [2.05, 4.69) is 28.9 Å².